The smallest absolute Gasteiger partial charge is 0.139 e. The number of benzene rings is 2. The van der Waals surface area contributed by atoms with E-state index < -0.39 is 0 Å². The zero-order valence-corrected chi connectivity index (χ0v) is 9.57. The maximum Gasteiger partial charge on any atom is 0.139 e. The minimum Gasteiger partial charge on any atom is -0.506 e. The standard InChI is InChI=1S/C15H13NO/c1-10-9-16-15-13(17)8-7-12(14(10)15)11-5-3-2-4-6-11/h2-9,16-17H,1H3. The summed E-state index contributed by atoms with van der Waals surface area (Å²) in [6.45, 7) is 2.05. The van der Waals surface area contributed by atoms with E-state index in [1.165, 1.54) is 5.56 Å². The van der Waals surface area contributed by atoms with Gasteiger partial charge < -0.3 is 10.1 Å². The summed E-state index contributed by atoms with van der Waals surface area (Å²) in [5.41, 5.74) is 4.27. The van der Waals surface area contributed by atoms with Crippen LogP contribution in [-0.2, 0) is 0 Å². The Morgan fingerprint density at radius 1 is 1.00 bits per heavy atom. The fourth-order valence-electron chi connectivity index (χ4n) is 2.26. The molecule has 0 fully saturated rings. The average Bonchev–Trinajstić information content (AvgIpc) is 2.75. The second-order valence-electron chi connectivity index (χ2n) is 4.22. The van der Waals surface area contributed by atoms with Crippen molar-refractivity contribution in [1.82, 2.24) is 4.98 Å². The van der Waals surface area contributed by atoms with Crippen LogP contribution in [0.3, 0.4) is 0 Å². The van der Waals surface area contributed by atoms with Gasteiger partial charge in [0.1, 0.15) is 5.75 Å². The van der Waals surface area contributed by atoms with Gasteiger partial charge in [-0.1, -0.05) is 30.3 Å². The molecule has 0 spiro atoms. The van der Waals surface area contributed by atoms with E-state index in [2.05, 4.69) is 17.1 Å². The predicted molar refractivity (Wildman–Crippen MR) is 70.1 cm³/mol. The molecule has 3 aromatic rings. The lowest BCUT2D eigenvalue weighted by atomic mass is 9.99. The van der Waals surface area contributed by atoms with E-state index in [-0.39, 0.29) is 0 Å². The van der Waals surface area contributed by atoms with E-state index in [0.29, 0.717) is 5.75 Å². The second kappa shape index (κ2) is 3.67. The molecular formula is C15H13NO. The van der Waals surface area contributed by atoms with Crippen LogP contribution in [0.2, 0.25) is 0 Å². The first kappa shape index (κ1) is 9.97. The minimum absolute atomic E-state index is 0.299. The summed E-state index contributed by atoms with van der Waals surface area (Å²) in [5, 5.41) is 10.9. The molecule has 17 heavy (non-hydrogen) atoms. The normalized spacial score (nSPS) is 10.9. The molecule has 2 heteroatoms. The van der Waals surface area contributed by atoms with E-state index in [4.69, 9.17) is 0 Å². The summed E-state index contributed by atoms with van der Waals surface area (Å²) in [6.07, 6.45) is 1.93. The third kappa shape index (κ3) is 1.49. The minimum atomic E-state index is 0.299. The van der Waals surface area contributed by atoms with Crippen LogP contribution in [0.4, 0.5) is 0 Å². The monoisotopic (exact) mass is 223 g/mol. The van der Waals surface area contributed by atoms with Crippen LogP contribution in [0.1, 0.15) is 5.56 Å². The molecule has 0 aliphatic carbocycles. The van der Waals surface area contributed by atoms with E-state index in [0.717, 1.165) is 22.0 Å². The van der Waals surface area contributed by atoms with Gasteiger partial charge in [0.2, 0.25) is 0 Å². The van der Waals surface area contributed by atoms with Gasteiger partial charge in [-0.3, -0.25) is 0 Å². The van der Waals surface area contributed by atoms with Gasteiger partial charge >= 0.3 is 0 Å². The Morgan fingerprint density at radius 2 is 1.76 bits per heavy atom. The number of aromatic amines is 1. The summed E-state index contributed by atoms with van der Waals surface area (Å²) < 4.78 is 0. The Bertz CT molecular complexity index is 668. The van der Waals surface area contributed by atoms with Crippen molar-refractivity contribution >= 4 is 10.9 Å². The van der Waals surface area contributed by atoms with Gasteiger partial charge in [0.05, 0.1) is 5.52 Å². The third-order valence-electron chi connectivity index (χ3n) is 3.10. The Kier molecular flexibility index (Phi) is 2.15. The Balaban J connectivity index is 2.38. The molecule has 2 N–H and O–H groups in total. The molecule has 0 saturated carbocycles. The zero-order valence-electron chi connectivity index (χ0n) is 9.57. The van der Waals surface area contributed by atoms with Gasteiger partial charge in [-0.25, -0.2) is 0 Å². The van der Waals surface area contributed by atoms with Crippen molar-refractivity contribution in [2.24, 2.45) is 0 Å². The number of rotatable bonds is 1. The summed E-state index contributed by atoms with van der Waals surface area (Å²) in [7, 11) is 0. The largest absolute Gasteiger partial charge is 0.506 e. The highest BCUT2D eigenvalue weighted by Gasteiger charge is 2.10. The van der Waals surface area contributed by atoms with E-state index in [1.807, 2.05) is 37.4 Å². The van der Waals surface area contributed by atoms with Gasteiger partial charge in [-0.05, 0) is 35.7 Å². The van der Waals surface area contributed by atoms with E-state index in [9.17, 15) is 5.11 Å². The number of aromatic nitrogens is 1. The topological polar surface area (TPSA) is 36.0 Å². The van der Waals surface area contributed by atoms with Crippen molar-refractivity contribution in [3.63, 3.8) is 0 Å². The Morgan fingerprint density at radius 3 is 2.53 bits per heavy atom. The molecule has 0 saturated heterocycles. The fraction of sp³-hybridized carbons (Fsp3) is 0.0667. The molecule has 0 atom stereocenters. The highest BCUT2D eigenvalue weighted by Crippen LogP contribution is 2.35. The molecule has 0 unspecified atom stereocenters. The number of aryl methyl sites for hydroxylation is 1. The number of phenolic OH excluding ortho intramolecular Hbond substituents is 1. The molecule has 1 heterocycles. The zero-order chi connectivity index (χ0) is 11.8. The molecule has 2 aromatic carbocycles. The lowest BCUT2D eigenvalue weighted by molar-refractivity contribution is 0.480. The van der Waals surface area contributed by atoms with Crippen LogP contribution < -0.4 is 0 Å². The lowest BCUT2D eigenvalue weighted by Gasteiger charge is -2.06. The number of hydrogen-bond acceptors (Lipinski definition) is 1. The van der Waals surface area contributed by atoms with Crippen LogP contribution in [0.25, 0.3) is 22.0 Å². The van der Waals surface area contributed by atoms with Crippen LogP contribution in [0, 0.1) is 6.92 Å². The van der Waals surface area contributed by atoms with Crippen LogP contribution in [0.5, 0.6) is 5.75 Å². The van der Waals surface area contributed by atoms with Gasteiger partial charge in [-0.15, -0.1) is 0 Å². The van der Waals surface area contributed by atoms with Crippen LogP contribution in [-0.4, -0.2) is 10.1 Å². The van der Waals surface area contributed by atoms with E-state index in [1.54, 1.807) is 6.07 Å². The predicted octanol–water partition coefficient (Wildman–Crippen LogP) is 3.85. The van der Waals surface area contributed by atoms with Crippen molar-refractivity contribution in [2.75, 3.05) is 0 Å². The number of fused-ring (bicyclic) bond motifs is 1. The molecule has 2 nitrogen and oxygen atoms in total. The molecule has 3 rings (SSSR count). The molecule has 0 amide bonds. The Hall–Kier alpha value is -2.22. The van der Waals surface area contributed by atoms with Crippen LogP contribution >= 0.6 is 0 Å². The summed E-state index contributed by atoms with van der Waals surface area (Å²) in [4.78, 5) is 3.12. The lowest BCUT2D eigenvalue weighted by Crippen LogP contribution is -1.81. The fourth-order valence-corrected chi connectivity index (χ4v) is 2.26. The third-order valence-corrected chi connectivity index (χ3v) is 3.10. The van der Waals surface area contributed by atoms with Crippen molar-refractivity contribution in [1.29, 1.82) is 0 Å². The van der Waals surface area contributed by atoms with Crippen molar-refractivity contribution in [2.45, 2.75) is 6.92 Å². The SMILES string of the molecule is Cc1c[nH]c2c(O)ccc(-c3ccccc3)c12. The molecule has 0 radical (unpaired) electrons. The highest BCUT2D eigenvalue weighted by atomic mass is 16.3. The first-order valence-electron chi connectivity index (χ1n) is 5.62. The van der Waals surface area contributed by atoms with Crippen LogP contribution in [0.15, 0.2) is 48.7 Å². The molecule has 0 bridgehead atoms. The van der Waals surface area contributed by atoms with Gasteiger partial charge in [0.25, 0.3) is 0 Å². The maximum atomic E-state index is 9.82. The maximum absolute atomic E-state index is 9.82. The molecule has 1 aromatic heterocycles. The molecule has 84 valence electrons. The number of phenols is 1. The summed E-state index contributed by atoms with van der Waals surface area (Å²) in [6, 6.07) is 13.9. The highest BCUT2D eigenvalue weighted by molar-refractivity contribution is 6.00. The van der Waals surface area contributed by atoms with Crippen molar-refractivity contribution in [3.05, 3.63) is 54.2 Å². The summed E-state index contributed by atoms with van der Waals surface area (Å²) >= 11 is 0. The quantitative estimate of drug-likeness (QED) is 0.645. The number of nitrogens with one attached hydrogen (secondary N) is 1. The number of H-pyrrole nitrogens is 1. The molecule has 0 aliphatic heterocycles. The molecular weight excluding hydrogens is 210 g/mol. The number of hydrogen-bond donors (Lipinski definition) is 2. The average molecular weight is 223 g/mol. The Labute approximate surface area is 99.5 Å². The van der Waals surface area contributed by atoms with Crippen molar-refractivity contribution < 1.29 is 5.11 Å². The number of aromatic hydroxyl groups is 1. The van der Waals surface area contributed by atoms with Crippen molar-refractivity contribution in [3.8, 4) is 16.9 Å². The summed E-state index contributed by atoms with van der Waals surface area (Å²) in [5.74, 6) is 0.299. The van der Waals surface area contributed by atoms with Gasteiger partial charge in [-0.2, -0.15) is 0 Å². The van der Waals surface area contributed by atoms with Gasteiger partial charge in [0, 0.05) is 11.6 Å². The van der Waals surface area contributed by atoms with E-state index >= 15 is 0 Å². The first-order valence-corrected chi connectivity index (χ1v) is 5.62. The second-order valence-corrected chi connectivity index (χ2v) is 4.22. The molecule has 0 aliphatic rings. The first-order chi connectivity index (χ1) is 8.27. The van der Waals surface area contributed by atoms with Gasteiger partial charge in [0.15, 0.2) is 0 Å².